The Morgan fingerprint density at radius 3 is 2.74 bits per heavy atom. The summed E-state index contributed by atoms with van der Waals surface area (Å²) < 4.78 is 4.71. The molecule has 0 bridgehead atoms. The van der Waals surface area contributed by atoms with Gasteiger partial charge in [0.15, 0.2) is 0 Å². The van der Waals surface area contributed by atoms with Gasteiger partial charge in [-0.3, -0.25) is 19.7 Å². The van der Waals surface area contributed by atoms with Crippen LogP contribution in [0.25, 0.3) is 0 Å². The Labute approximate surface area is 108 Å². The van der Waals surface area contributed by atoms with Crippen molar-refractivity contribution in [3.05, 3.63) is 34.4 Å². The summed E-state index contributed by atoms with van der Waals surface area (Å²) in [5.74, 6) is -1.72. The third kappa shape index (κ3) is 4.72. The van der Waals surface area contributed by atoms with Crippen molar-refractivity contribution in [1.82, 2.24) is 5.32 Å². The number of benzene rings is 1. The van der Waals surface area contributed by atoms with E-state index in [0.29, 0.717) is 0 Å². The van der Waals surface area contributed by atoms with Gasteiger partial charge in [0.1, 0.15) is 0 Å². The van der Waals surface area contributed by atoms with E-state index in [-0.39, 0.29) is 24.5 Å². The first kappa shape index (κ1) is 14.6. The lowest BCUT2D eigenvalue weighted by Crippen LogP contribution is -2.37. The molecule has 0 radical (unpaired) electrons. The molecule has 0 aliphatic heterocycles. The van der Waals surface area contributed by atoms with Gasteiger partial charge >= 0.3 is 11.8 Å². The molecule has 1 rings (SSSR count). The molecule has 8 heteroatoms. The van der Waals surface area contributed by atoms with Gasteiger partial charge < -0.3 is 15.4 Å². The highest BCUT2D eigenvalue weighted by Crippen LogP contribution is 2.16. The van der Waals surface area contributed by atoms with E-state index in [2.05, 4.69) is 10.6 Å². The van der Waals surface area contributed by atoms with Crippen molar-refractivity contribution in [1.29, 1.82) is 0 Å². The number of nitro groups is 1. The topological polar surface area (TPSA) is 111 Å². The molecular formula is C11H13N3O5. The van der Waals surface area contributed by atoms with Crippen molar-refractivity contribution >= 4 is 23.2 Å². The van der Waals surface area contributed by atoms with E-state index in [4.69, 9.17) is 4.74 Å². The lowest BCUT2D eigenvalue weighted by Gasteiger charge is -2.05. The van der Waals surface area contributed by atoms with Crippen LogP contribution in [0.15, 0.2) is 24.3 Å². The highest BCUT2D eigenvalue weighted by Gasteiger charge is 2.14. The number of methoxy groups -OCH3 is 1. The van der Waals surface area contributed by atoms with Crippen LogP contribution in [0, 0.1) is 10.1 Å². The average molecular weight is 267 g/mol. The maximum atomic E-state index is 11.5. The van der Waals surface area contributed by atoms with E-state index in [1.807, 2.05) is 0 Å². The predicted octanol–water partition coefficient (Wildman–Crippen LogP) is 0.296. The fourth-order valence-corrected chi connectivity index (χ4v) is 1.23. The highest BCUT2D eigenvalue weighted by atomic mass is 16.6. The minimum atomic E-state index is -0.892. The number of nitrogens with one attached hydrogen (secondary N) is 2. The van der Waals surface area contributed by atoms with Crippen LogP contribution in [0.1, 0.15) is 0 Å². The van der Waals surface area contributed by atoms with Crippen LogP contribution in [0.2, 0.25) is 0 Å². The lowest BCUT2D eigenvalue weighted by atomic mass is 10.3. The maximum absolute atomic E-state index is 11.5. The molecule has 0 saturated carbocycles. The molecule has 0 aromatic heterocycles. The van der Waals surface area contributed by atoms with E-state index >= 15 is 0 Å². The highest BCUT2D eigenvalue weighted by molar-refractivity contribution is 6.39. The summed E-state index contributed by atoms with van der Waals surface area (Å²) in [6.07, 6.45) is 0. The Hall–Kier alpha value is -2.48. The van der Waals surface area contributed by atoms with Crippen LogP contribution in [0.5, 0.6) is 0 Å². The average Bonchev–Trinajstić information content (AvgIpc) is 2.39. The van der Waals surface area contributed by atoms with Crippen molar-refractivity contribution in [3.8, 4) is 0 Å². The van der Waals surface area contributed by atoms with Gasteiger partial charge in [-0.1, -0.05) is 6.07 Å². The number of hydrogen-bond donors (Lipinski definition) is 2. The number of non-ortho nitro benzene ring substituents is 1. The molecule has 2 N–H and O–H groups in total. The molecule has 0 atom stereocenters. The monoisotopic (exact) mass is 267 g/mol. The number of carbonyl (C=O) groups excluding carboxylic acids is 2. The zero-order chi connectivity index (χ0) is 14.3. The van der Waals surface area contributed by atoms with Gasteiger partial charge in [-0.2, -0.15) is 0 Å². The first-order valence-corrected chi connectivity index (χ1v) is 5.37. The Morgan fingerprint density at radius 1 is 1.37 bits per heavy atom. The third-order valence-electron chi connectivity index (χ3n) is 2.11. The van der Waals surface area contributed by atoms with E-state index in [9.17, 15) is 19.7 Å². The molecule has 2 amide bonds. The van der Waals surface area contributed by atoms with Crippen LogP contribution in [0.3, 0.4) is 0 Å². The third-order valence-corrected chi connectivity index (χ3v) is 2.11. The van der Waals surface area contributed by atoms with Crippen LogP contribution in [-0.4, -0.2) is 37.0 Å². The van der Waals surface area contributed by atoms with Gasteiger partial charge in [-0.25, -0.2) is 0 Å². The zero-order valence-electron chi connectivity index (χ0n) is 10.2. The molecule has 1 aromatic rings. The minimum Gasteiger partial charge on any atom is -0.383 e. The summed E-state index contributed by atoms with van der Waals surface area (Å²) in [5.41, 5.74) is 0.0127. The van der Waals surface area contributed by atoms with E-state index in [0.717, 1.165) is 0 Å². The molecule has 8 nitrogen and oxygen atoms in total. The second-order valence-corrected chi connectivity index (χ2v) is 3.51. The zero-order valence-corrected chi connectivity index (χ0v) is 10.2. The Balaban J connectivity index is 2.59. The number of carbonyl (C=O) groups is 2. The molecule has 19 heavy (non-hydrogen) atoms. The van der Waals surface area contributed by atoms with Crippen LogP contribution < -0.4 is 10.6 Å². The van der Waals surface area contributed by atoms with Gasteiger partial charge in [0.2, 0.25) is 0 Å². The Morgan fingerprint density at radius 2 is 2.11 bits per heavy atom. The summed E-state index contributed by atoms with van der Waals surface area (Å²) in [5, 5.41) is 15.1. The second kappa shape index (κ2) is 7.07. The maximum Gasteiger partial charge on any atom is 0.313 e. The van der Waals surface area contributed by atoms with Crippen molar-refractivity contribution in [2.24, 2.45) is 0 Å². The number of anilines is 1. The first-order chi connectivity index (χ1) is 9.04. The Bertz CT molecular complexity index is 489. The van der Waals surface area contributed by atoms with Crippen LogP contribution >= 0.6 is 0 Å². The van der Waals surface area contributed by atoms with E-state index in [1.54, 1.807) is 0 Å². The minimum absolute atomic E-state index is 0.169. The molecular weight excluding hydrogens is 254 g/mol. The smallest absolute Gasteiger partial charge is 0.313 e. The number of hydrogen-bond acceptors (Lipinski definition) is 5. The number of nitro benzene ring substituents is 1. The Kier molecular flexibility index (Phi) is 5.42. The van der Waals surface area contributed by atoms with E-state index in [1.165, 1.54) is 31.4 Å². The van der Waals surface area contributed by atoms with Gasteiger partial charge in [0.05, 0.1) is 11.5 Å². The molecule has 0 spiro atoms. The summed E-state index contributed by atoms with van der Waals surface area (Å²) >= 11 is 0. The number of amides is 2. The lowest BCUT2D eigenvalue weighted by molar-refractivity contribution is -0.384. The van der Waals surface area contributed by atoms with Gasteiger partial charge in [-0.15, -0.1) is 0 Å². The normalized spacial score (nSPS) is 9.74. The van der Waals surface area contributed by atoms with Crippen molar-refractivity contribution in [3.63, 3.8) is 0 Å². The fraction of sp³-hybridized carbons (Fsp3) is 0.273. The molecule has 0 saturated heterocycles. The van der Waals surface area contributed by atoms with Crippen molar-refractivity contribution in [2.45, 2.75) is 0 Å². The molecule has 1 aromatic carbocycles. The quantitative estimate of drug-likeness (QED) is 0.345. The number of rotatable bonds is 5. The molecule has 102 valence electrons. The van der Waals surface area contributed by atoms with Gasteiger partial charge in [0, 0.05) is 31.5 Å². The van der Waals surface area contributed by atoms with Crippen molar-refractivity contribution < 1.29 is 19.2 Å². The fourth-order valence-electron chi connectivity index (χ4n) is 1.23. The number of ether oxygens (including phenoxy) is 1. The molecule has 0 aliphatic carbocycles. The summed E-state index contributed by atoms with van der Waals surface area (Å²) in [6.45, 7) is 0.494. The van der Waals surface area contributed by atoms with Crippen LogP contribution in [0.4, 0.5) is 11.4 Å². The first-order valence-electron chi connectivity index (χ1n) is 5.37. The van der Waals surface area contributed by atoms with E-state index < -0.39 is 16.7 Å². The summed E-state index contributed by atoms with van der Waals surface area (Å²) in [6, 6.07) is 5.32. The van der Waals surface area contributed by atoms with Crippen molar-refractivity contribution in [2.75, 3.05) is 25.6 Å². The standard InChI is InChI=1S/C11H13N3O5/c1-19-6-5-12-10(15)11(16)13-8-3-2-4-9(7-8)14(17)18/h2-4,7H,5-6H2,1H3,(H,12,15)(H,13,16). The molecule has 0 heterocycles. The predicted molar refractivity (Wildman–Crippen MR) is 66.6 cm³/mol. The van der Waals surface area contributed by atoms with Crippen LogP contribution in [-0.2, 0) is 14.3 Å². The molecule has 0 aliphatic rings. The summed E-state index contributed by atoms with van der Waals surface area (Å²) in [7, 11) is 1.47. The number of nitrogens with zero attached hydrogens (tertiary/aromatic N) is 1. The van der Waals surface area contributed by atoms with Gasteiger partial charge in [0.25, 0.3) is 5.69 Å². The SMILES string of the molecule is COCCNC(=O)C(=O)Nc1cccc([N+](=O)[O-])c1. The molecule has 0 fully saturated rings. The largest absolute Gasteiger partial charge is 0.383 e. The second-order valence-electron chi connectivity index (χ2n) is 3.51. The van der Waals surface area contributed by atoms with Gasteiger partial charge in [-0.05, 0) is 6.07 Å². The molecule has 0 unspecified atom stereocenters. The summed E-state index contributed by atoms with van der Waals surface area (Å²) in [4.78, 5) is 32.7.